The van der Waals surface area contributed by atoms with Crippen molar-refractivity contribution in [1.82, 2.24) is 5.32 Å². The number of carbonyl (C=O) groups is 1. The lowest BCUT2D eigenvalue weighted by atomic mass is 9.80. The van der Waals surface area contributed by atoms with Crippen LogP contribution < -0.4 is 22.6 Å². The fourth-order valence-electron chi connectivity index (χ4n) is 6.95. The maximum absolute atomic E-state index is 13.8. The van der Waals surface area contributed by atoms with Crippen LogP contribution in [0, 0.1) is 5.92 Å². The van der Waals surface area contributed by atoms with Gasteiger partial charge in [-0.15, -0.1) is 0 Å². The van der Waals surface area contributed by atoms with Gasteiger partial charge in [-0.05, 0) is 29.2 Å². The van der Waals surface area contributed by atoms with Crippen LogP contribution in [-0.2, 0) is 10.4 Å². The Balaban J connectivity index is 0.00000280. The summed E-state index contributed by atoms with van der Waals surface area (Å²) in [6.07, 6.45) is 3.41. The van der Waals surface area contributed by atoms with E-state index in [0.29, 0.717) is 17.0 Å². The number of para-hydroxylation sites is 1. The molecule has 5 nitrogen and oxygen atoms in total. The van der Waals surface area contributed by atoms with E-state index in [9.17, 15) is 9.90 Å². The molecule has 2 N–H and O–H groups in total. The number of quaternary nitrogens is 1. The summed E-state index contributed by atoms with van der Waals surface area (Å²) in [5, 5.41) is 15.3. The topological polar surface area (TPSA) is 52.6 Å². The Morgan fingerprint density at radius 2 is 1.51 bits per heavy atom. The summed E-state index contributed by atoms with van der Waals surface area (Å²) in [6, 6.07) is 26.2. The number of hydrogen-bond acceptors (Lipinski definition) is 3. The Morgan fingerprint density at radius 1 is 0.946 bits per heavy atom. The average molecular weight is 518 g/mol. The van der Waals surface area contributed by atoms with Crippen molar-refractivity contribution < 1.29 is 26.8 Å². The second kappa shape index (κ2) is 10.1. The number of piperidine rings is 3. The van der Waals surface area contributed by atoms with Gasteiger partial charge in [0, 0.05) is 49.7 Å². The number of aliphatic hydroxyl groups is 1. The van der Waals surface area contributed by atoms with E-state index in [-0.39, 0.29) is 24.4 Å². The number of anilines is 1. The maximum Gasteiger partial charge on any atom is 0.261 e. The van der Waals surface area contributed by atoms with Gasteiger partial charge in [0.15, 0.2) is 5.60 Å². The lowest BCUT2D eigenvalue weighted by Gasteiger charge is -2.53. The molecule has 1 aliphatic carbocycles. The Hall–Kier alpha value is -2.86. The molecular formula is C31H36ClN3O2. The quantitative estimate of drug-likeness (QED) is 0.462. The molecule has 3 heterocycles. The first-order valence-corrected chi connectivity index (χ1v) is 13.3. The molecule has 1 atom stereocenters. The highest BCUT2D eigenvalue weighted by Gasteiger charge is 2.51. The minimum atomic E-state index is -1.64. The van der Waals surface area contributed by atoms with Gasteiger partial charge in [-0.2, -0.15) is 0 Å². The van der Waals surface area contributed by atoms with E-state index in [1.807, 2.05) is 48.5 Å². The second-order valence-corrected chi connectivity index (χ2v) is 11.0. The normalized spacial score (nSPS) is 24.5. The van der Waals surface area contributed by atoms with Gasteiger partial charge in [-0.1, -0.05) is 66.7 Å². The Bertz CT molecular complexity index is 1210. The zero-order valence-electron chi connectivity index (χ0n) is 21.4. The van der Waals surface area contributed by atoms with Crippen molar-refractivity contribution in [2.45, 2.75) is 30.9 Å². The summed E-state index contributed by atoms with van der Waals surface area (Å²) < 4.78 is 1.08. The fraction of sp³-hybridized carbons (Fsp3) is 0.387. The van der Waals surface area contributed by atoms with Gasteiger partial charge in [0.25, 0.3) is 5.91 Å². The molecule has 3 aromatic rings. The van der Waals surface area contributed by atoms with E-state index < -0.39 is 5.60 Å². The van der Waals surface area contributed by atoms with E-state index in [4.69, 9.17) is 0 Å². The smallest absolute Gasteiger partial charge is 0.261 e. The highest BCUT2D eigenvalue weighted by molar-refractivity contribution is 5.98. The highest BCUT2D eigenvalue weighted by atomic mass is 35.5. The molecule has 4 aliphatic rings. The van der Waals surface area contributed by atoms with Gasteiger partial charge in [-0.25, -0.2) is 0 Å². The first-order chi connectivity index (χ1) is 17.5. The SMILES string of the molecule is CN(CCC[N+]12CCC(CC1)[C@@H](NC(=O)C1(O)c3ccccc3-c3ccccc31)C2)c1ccccc1.[Cl-]. The molecule has 3 saturated heterocycles. The number of nitrogens with zero attached hydrogens (tertiary/aromatic N) is 2. The molecule has 3 fully saturated rings. The first-order valence-electron chi connectivity index (χ1n) is 13.3. The van der Waals surface area contributed by atoms with Crippen molar-refractivity contribution in [3.63, 3.8) is 0 Å². The molecule has 0 saturated carbocycles. The maximum atomic E-state index is 13.8. The third kappa shape index (κ3) is 4.43. The van der Waals surface area contributed by atoms with Crippen LogP contribution in [0.1, 0.15) is 30.4 Å². The van der Waals surface area contributed by atoms with Crippen LogP contribution in [0.15, 0.2) is 78.9 Å². The number of hydrogen-bond donors (Lipinski definition) is 2. The summed E-state index contributed by atoms with van der Waals surface area (Å²) in [5.74, 6) is 0.219. The van der Waals surface area contributed by atoms with E-state index in [1.54, 1.807) is 0 Å². The molecule has 0 aromatic heterocycles. The largest absolute Gasteiger partial charge is 1.00 e. The van der Waals surface area contributed by atoms with Crippen molar-refractivity contribution in [3.05, 3.63) is 90.0 Å². The van der Waals surface area contributed by atoms with Gasteiger partial charge in [-0.3, -0.25) is 4.79 Å². The fourth-order valence-corrected chi connectivity index (χ4v) is 6.95. The third-order valence-electron chi connectivity index (χ3n) is 8.99. The number of amides is 1. The number of fused-ring (bicyclic) bond motifs is 6. The van der Waals surface area contributed by atoms with Crippen LogP contribution in [0.5, 0.6) is 0 Å². The molecule has 37 heavy (non-hydrogen) atoms. The lowest BCUT2D eigenvalue weighted by Crippen LogP contribution is -3.00. The molecule has 3 aliphatic heterocycles. The van der Waals surface area contributed by atoms with Gasteiger partial charge in [0.05, 0.1) is 32.2 Å². The van der Waals surface area contributed by atoms with Crippen LogP contribution in [-0.4, -0.2) is 61.3 Å². The molecule has 3 aromatic carbocycles. The molecule has 2 bridgehead atoms. The summed E-state index contributed by atoms with van der Waals surface area (Å²) >= 11 is 0. The van der Waals surface area contributed by atoms with E-state index in [0.717, 1.165) is 54.5 Å². The zero-order valence-corrected chi connectivity index (χ0v) is 22.2. The van der Waals surface area contributed by atoms with Gasteiger partial charge >= 0.3 is 0 Å². The van der Waals surface area contributed by atoms with Gasteiger partial charge < -0.3 is 32.2 Å². The molecule has 6 heteroatoms. The van der Waals surface area contributed by atoms with E-state index in [2.05, 4.69) is 47.6 Å². The predicted molar refractivity (Wildman–Crippen MR) is 144 cm³/mol. The van der Waals surface area contributed by atoms with E-state index in [1.165, 1.54) is 18.8 Å². The molecule has 1 amide bonds. The molecule has 194 valence electrons. The lowest BCUT2D eigenvalue weighted by molar-refractivity contribution is -0.943. The number of halogens is 1. The number of nitrogens with one attached hydrogen (secondary N) is 1. The van der Waals surface area contributed by atoms with Crippen molar-refractivity contribution in [3.8, 4) is 11.1 Å². The van der Waals surface area contributed by atoms with Crippen LogP contribution >= 0.6 is 0 Å². The van der Waals surface area contributed by atoms with E-state index >= 15 is 0 Å². The third-order valence-corrected chi connectivity index (χ3v) is 8.99. The number of rotatable bonds is 7. The van der Waals surface area contributed by atoms with Crippen LogP contribution in [0.3, 0.4) is 0 Å². The average Bonchev–Trinajstić information content (AvgIpc) is 3.19. The summed E-state index contributed by atoms with van der Waals surface area (Å²) in [5.41, 5.74) is 2.90. The highest BCUT2D eigenvalue weighted by Crippen LogP contribution is 2.47. The zero-order chi connectivity index (χ0) is 24.8. The minimum Gasteiger partial charge on any atom is -1.00 e. The Morgan fingerprint density at radius 3 is 2.14 bits per heavy atom. The van der Waals surface area contributed by atoms with Crippen LogP contribution in [0.4, 0.5) is 5.69 Å². The number of carbonyl (C=O) groups excluding carboxylic acids is 1. The van der Waals surface area contributed by atoms with Crippen molar-refractivity contribution in [1.29, 1.82) is 0 Å². The minimum absolute atomic E-state index is 0. The summed E-state index contributed by atoms with van der Waals surface area (Å²) in [6.45, 7) is 5.51. The standard InChI is InChI=1S/C31H35N3O2.ClH/c1-33(24-10-3-2-4-11-24)18-9-19-34-20-16-23(17-21-34)29(22-34)32-30(35)31(36)27-14-7-5-12-25(27)26-13-6-8-15-28(26)31;/h2-8,10-15,23,29,36H,9,16-22H2,1H3;1H/t23?,29-,34?;/m0./s1. The van der Waals surface area contributed by atoms with Gasteiger partial charge in [0.2, 0.25) is 0 Å². The van der Waals surface area contributed by atoms with Gasteiger partial charge in [0.1, 0.15) is 0 Å². The predicted octanol–water partition coefficient (Wildman–Crippen LogP) is 1.16. The first kappa shape index (κ1) is 25.8. The van der Waals surface area contributed by atoms with Crippen molar-refractivity contribution >= 4 is 11.6 Å². The second-order valence-electron chi connectivity index (χ2n) is 11.0. The summed E-state index contributed by atoms with van der Waals surface area (Å²) in [4.78, 5) is 16.2. The summed E-state index contributed by atoms with van der Waals surface area (Å²) in [7, 11) is 2.17. The molecule has 7 rings (SSSR count). The van der Waals surface area contributed by atoms with Crippen molar-refractivity contribution in [2.24, 2.45) is 5.92 Å². The monoisotopic (exact) mass is 517 g/mol. The van der Waals surface area contributed by atoms with Crippen LogP contribution in [0.25, 0.3) is 11.1 Å². The molecule has 0 radical (unpaired) electrons. The van der Waals surface area contributed by atoms with Crippen molar-refractivity contribution in [2.75, 3.05) is 44.7 Å². The molecule has 0 spiro atoms. The molecular weight excluding hydrogens is 482 g/mol. The van der Waals surface area contributed by atoms with Crippen LogP contribution in [0.2, 0.25) is 0 Å². The molecule has 0 unspecified atom stereocenters. The number of benzene rings is 3. The Labute approximate surface area is 226 Å². The Kier molecular flexibility index (Phi) is 7.06.